The standard InChI is InChI=1S/C17H17N5O5/c18-14-10-16(21-15(20-14)11(24)8-4-2-1-3-5-8)22(7-19-10)17-13(26)12(25)9(6-23)27-17/h1-5,7,9,12-13,17,23,25-26H,6H2,(H2,18,20,21)/t9-,12-,13-,17?/m1/s1. The van der Waals surface area contributed by atoms with E-state index in [1.54, 1.807) is 30.3 Å². The molecule has 1 unspecified atom stereocenters. The Morgan fingerprint density at radius 2 is 1.93 bits per heavy atom. The SMILES string of the molecule is Nc1nc(C(=O)c2ccccc2)nc2c1ncn2C1O[C@H](CO)[C@@H](O)[C@H]1O. The molecule has 1 fully saturated rings. The number of imidazole rings is 1. The van der Waals surface area contributed by atoms with E-state index < -0.39 is 36.9 Å². The van der Waals surface area contributed by atoms with Crippen molar-refractivity contribution in [3.8, 4) is 0 Å². The molecule has 10 heteroatoms. The Balaban J connectivity index is 1.78. The number of hydrogen-bond acceptors (Lipinski definition) is 9. The fourth-order valence-electron chi connectivity index (χ4n) is 3.05. The minimum Gasteiger partial charge on any atom is -0.394 e. The van der Waals surface area contributed by atoms with Crippen molar-refractivity contribution >= 4 is 22.8 Å². The predicted molar refractivity (Wildman–Crippen MR) is 92.6 cm³/mol. The minimum absolute atomic E-state index is 0.00442. The number of nitrogen functional groups attached to an aromatic ring is 1. The summed E-state index contributed by atoms with van der Waals surface area (Å²) in [6.07, 6.45) is -3.26. The number of carbonyl (C=O) groups is 1. The van der Waals surface area contributed by atoms with E-state index in [9.17, 15) is 20.1 Å². The van der Waals surface area contributed by atoms with Gasteiger partial charge in [-0.25, -0.2) is 15.0 Å². The molecule has 27 heavy (non-hydrogen) atoms. The lowest BCUT2D eigenvalue weighted by Gasteiger charge is -2.16. The molecular formula is C17H17N5O5. The van der Waals surface area contributed by atoms with Crippen LogP contribution in [0.2, 0.25) is 0 Å². The molecule has 1 aliphatic heterocycles. The average Bonchev–Trinajstić information content (AvgIpc) is 3.23. The van der Waals surface area contributed by atoms with E-state index in [1.807, 2.05) is 0 Å². The molecule has 2 aromatic heterocycles. The second-order valence-corrected chi connectivity index (χ2v) is 6.18. The molecule has 10 nitrogen and oxygen atoms in total. The van der Waals surface area contributed by atoms with E-state index in [2.05, 4.69) is 15.0 Å². The van der Waals surface area contributed by atoms with Crippen LogP contribution in [0.25, 0.3) is 11.2 Å². The van der Waals surface area contributed by atoms with E-state index in [1.165, 1.54) is 10.9 Å². The molecule has 0 bridgehead atoms. The summed E-state index contributed by atoms with van der Waals surface area (Å²) < 4.78 is 6.86. The number of rotatable bonds is 4. The van der Waals surface area contributed by atoms with Crippen molar-refractivity contribution in [3.05, 3.63) is 48.0 Å². The molecular weight excluding hydrogens is 354 g/mol. The van der Waals surface area contributed by atoms with Gasteiger partial charge in [0.25, 0.3) is 0 Å². The molecule has 5 N–H and O–H groups in total. The number of aliphatic hydroxyl groups excluding tert-OH is 3. The van der Waals surface area contributed by atoms with Gasteiger partial charge in [0, 0.05) is 5.56 Å². The molecule has 1 saturated heterocycles. The summed E-state index contributed by atoms with van der Waals surface area (Å²) in [7, 11) is 0. The zero-order chi connectivity index (χ0) is 19.1. The van der Waals surface area contributed by atoms with E-state index >= 15 is 0 Å². The molecule has 0 amide bonds. The summed E-state index contributed by atoms with van der Waals surface area (Å²) in [5, 5.41) is 29.5. The number of ether oxygens (including phenoxy) is 1. The first-order valence-electron chi connectivity index (χ1n) is 8.23. The molecule has 1 aromatic carbocycles. The van der Waals surface area contributed by atoms with Crippen molar-refractivity contribution in [1.29, 1.82) is 0 Å². The topological polar surface area (TPSA) is 157 Å². The molecule has 3 aromatic rings. The number of ketones is 1. The van der Waals surface area contributed by atoms with Gasteiger partial charge in [-0.1, -0.05) is 30.3 Å². The van der Waals surface area contributed by atoms with E-state index in [0.29, 0.717) is 5.56 Å². The average molecular weight is 371 g/mol. The lowest BCUT2D eigenvalue weighted by atomic mass is 10.1. The largest absolute Gasteiger partial charge is 0.394 e. The van der Waals surface area contributed by atoms with Crippen LogP contribution in [-0.2, 0) is 4.74 Å². The van der Waals surface area contributed by atoms with Crippen molar-refractivity contribution in [2.45, 2.75) is 24.5 Å². The van der Waals surface area contributed by atoms with E-state index in [-0.39, 0.29) is 22.8 Å². The molecule has 4 atom stereocenters. The quantitative estimate of drug-likeness (QED) is 0.433. The van der Waals surface area contributed by atoms with Crippen molar-refractivity contribution in [2.75, 3.05) is 12.3 Å². The van der Waals surface area contributed by atoms with Gasteiger partial charge in [0.05, 0.1) is 12.9 Å². The first kappa shape index (κ1) is 17.5. The Morgan fingerprint density at radius 3 is 2.59 bits per heavy atom. The molecule has 0 radical (unpaired) electrons. The molecule has 4 rings (SSSR count). The van der Waals surface area contributed by atoms with Crippen LogP contribution in [0.1, 0.15) is 22.4 Å². The molecule has 1 aliphatic rings. The fourth-order valence-corrected chi connectivity index (χ4v) is 3.05. The third-order valence-electron chi connectivity index (χ3n) is 4.48. The van der Waals surface area contributed by atoms with Crippen molar-refractivity contribution in [2.24, 2.45) is 0 Å². The highest BCUT2D eigenvalue weighted by Crippen LogP contribution is 2.32. The third kappa shape index (κ3) is 2.84. The highest BCUT2D eigenvalue weighted by Gasteiger charge is 2.44. The van der Waals surface area contributed by atoms with Crippen LogP contribution < -0.4 is 5.73 Å². The van der Waals surface area contributed by atoms with Crippen LogP contribution >= 0.6 is 0 Å². The predicted octanol–water partition coefficient (Wildman–Crippen LogP) is -0.749. The zero-order valence-corrected chi connectivity index (χ0v) is 14.0. The Morgan fingerprint density at radius 1 is 1.19 bits per heavy atom. The van der Waals surface area contributed by atoms with Gasteiger partial charge in [-0.05, 0) is 0 Å². The van der Waals surface area contributed by atoms with Gasteiger partial charge >= 0.3 is 0 Å². The van der Waals surface area contributed by atoms with Gasteiger partial charge in [-0.15, -0.1) is 0 Å². The summed E-state index contributed by atoms with van der Waals surface area (Å²) in [5.74, 6) is -0.539. The molecule has 0 saturated carbocycles. The number of aromatic nitrogens is 4. The van der Waals surface area contributed by atoms with Crippen molar-refractivity contribution < 1.29 is 24.9 Å². The summed E-state index contributed by atoms with van der Waals surface area (Å²) >= 11 is 0. The molecule has 0 spiro atoms. The summed E-state index contributed by atoms with van der Waals surface area (Å²) in [5.41, 5.74) is 6.74. The fraction of sp³-hybridized carbons (Fsp3) is 0.294. The number of benzene rings is 1. The van der Waals surface area contributed by atoms with Crippen LogP contribution in [0.5, 0.6) is 0 Å². The lowest BCUT2D eigenvalue weighted by molar-refractivity contribution is -0.0511. The Hall–Kier alpha value is -2.92. The zero-order valence-electron chi connectivity index (χ0n) is 14.0. The molecule has 3 heterocycles. The van der Waals surface area contributed by atoms with Gasteiger partial charge in [0.1, 0.15) is 23.8 Å². The molecule has 140 valence electrons. The Kier molecular flexibility index (Phi) is 4.32. The second-order valence-electron chi connectivity index (χ2n) is 6.18. The van der Waals surface area contributed by atoms with Crippen LogP contribution in [0.3, 0.4) is 0 Å². The van der Waals surface area contributed by atoms with Crippen molar-refractivity contribution in [3.63, 3.8) is 0 Å². The number of nitrogens with two attached hydrogens (primary N) is 1. The van der Waals surface area contributed by atoms with Gasteiger partial charge in [-0.3, -0.25) is 9.36 Å². The van der Waals surface area contributed by atoms with E-state index in [4.69, 9.17) is 10.5 Å². The maximum absolute atomic E-state index is 12.6. The minimum atomic E-state index is -1.32. The molecule has 0 aliphatic carbocycles. The van der Waals surface area contributed by atoms with Crippen molar-refractivity contribution in [1.82, 2.24) is 19.5 Å². The highest BCUT2D eigenvalue weighted by atomic mass is 16.6. The lowest BCUT2D eigenvalue weighted by Crippen LogP contribution is -2.33. The number of anilines is 1. The van der Waals surface area contributed by atoms with Gasteiger partial charge in [0.15, 0.2) is 17.7 Å². The maximum Gasteiger partial charge on any atom is 0.230 e. The number of fused-ring (bicyclic) bond motifs is 1. The number of aliphatic hydroxyl groups is 3. The number of carbonyl (C=O) groups excluding carboxylic acids is 1. The normalized spacial score (nSPS) is 25.1. The second kappa shape index (κ2) is 6.67. The van der Waals surface area contributed by atoms with Gasteiger partial charge in [0.2, 0.25) is 11.6 Å². The smallest absolute Gasteiger partial charge is 0.230 e. The summed E-state index contributed by atoms with van der Waals surface area (Å²) in [6, 6.07) is 8.49. The summed E-state index contributed by atoms with van der Waals surface area (Å²) in [4.78, 5) is 25.0. The Bertz CT molecular complexity index is 992. The number of nitrogens with zero attached hydrogens (tertiary/aromatic N) is 4. The third-order valence-corrected chi connectivity index (χ3v) is 4.48. The first-order valence-corrected chi connectivity index (χ1v) is 8.23. The number of hydrogen-bond donors (Lipinski definition) is 4. The summed E-state index contributed by atoms with van der Waals surface area (Å²) in [6.45, 7) is -0.462. The van der Waals surface area contributed by atoms with Gasteiger partial charge < -0.3 is 25.8 Å². The monoisotopic (exact) mass is 371 g/mol. The van der Waals surface area contributed by atoms with E-state index in [0.717, 1.165) is 0 Å². The van der Waals surface area contributed by atoms with Gasteiger partial charge in [-0.2, -0.15) is 0 Å². The van der Waals surface area contributed by atoms with Crippen LogP contribution in [0.4, 0.5) is 5.82 Å². The highest BCUT2D eigenvalue weighted by molar-refractivity contribution is 6.07. The van der Waals surface area contributed by atoms with Crippen LogP contribution in [0.15, 0.2) is 36.7 Å². The van der Waals surface area contributed by atoms with Crippen LogP contribution in [0, 0.1) is 0 Å². The first-order chi connectivity index (χ1) is 13.0. The Labute approximate surface area is 152 Å². The van der Waals surface area contributed by atoms with Crippen LogP contribution in [-0.4, -0.2) is 65.5 Å². The maximum atomic E-state index is 12.6.